The lowest BCUT2D eigenvalue weighted by Crippen LogP contribution is -2.28. The number of allylic oxidation sites excluding steroid dienone is 1. The Morgan fingerprint density at radius 2 is 1.92 bits per heavy atom. The third kappa shape index (κ3) is 2.10. The Labute approximate surface area is 75.4 Å². The van der Waals surface area contributed by atoms with Crippen LogP contribution in [-0.4, -0.2) is 24.5 Å². The summed E-state index contributed by atoms with van der Waals surface area (Å²) in [7, 11) is 0. The fourth-order valence-electron chi connectivity index (χ4n) is 2.29. The van der Waals surface area contributed by atoms with Crippen molar-refractivity contribution >= 4 is 0 Å². The van der Waals surface area contributed by atoms with E-state index in [0.29, 0.717) is 0 Å². The van der Waals surface area contributed by atoms with Gasteiger partial charge in [0, 0.05) is 6.54 Å². The molecule has 0 saturated carbocycles. The van der Waals surface area contributed by atoms with Gasteiger partial charge < -0.3 is 0 Å². The smallest absolute Gasteiger partial charge is 0.0192 e. The van der Waals surface area contributed by atoms with Crippen molar-refractivity contribution < 1.29 is 0 Å². The first kappa shape index (κ1) is 8.31. The van der Waals surface area contributed by atoms with Gasteiger partial charge in [0.1, 0.15) is 0 Å². The highest BCUT2D eigenvalue weighted by Crippen LogP contribution is 2.19. The van der Waals surface area contributed by atoms with Crippen LogP contribution in [0.3, 0.4) is 0 Å². The van der Waals surface area contributed by atoms with Gasteiger partial charge in [0.05, 0.1) is 0 Å². The van der Waals surface area contributed by atoms with Crippen molar-refractivity contribution in [2.45, 2.75) is 38.5 Å². The number of nitrogens with zero attached hydrogens (tertiary/aromatic N) is 1. The molecule has 0 N–H and O–H groups in total. The Bertz CT molecular complexity index is 172. The van der Waals surface area contributed by atoms with Crippen molar-refractivity contribution in [3.63, 3.8) is 0 Å². The van der Waals surface area contributed by atoms with E-state index in [-0.39, 0.29) is 0 Å². The van der Waals surface area contributed by atoms with Crippen molar-refractivity contribution in [1.82, 2.24) is 4.90 Å². The molecule has 0 spiro atoms. The third-order valence-corrected chi connectivity index (χ3v) is 3.01. The van der Waals surface area contributed by atoms with Crippen LogP contribution in [0.4, 0.5) is 0 Å². The van der Waals surface area contributed by atoms with Crippen molar-refractivity contribution in [3.8, 4) is 0 Å². The van der Waals surface area contributed by atoms with Gasteiger partial charge in [-0.05, 0) is 45.2 Å². The average Bonchev–Trinajstić information content (AvgIpc) is 2.25. The van der Waals surface area contributed by atoms with E-state index < -0.39 is 0 Å². The normalized spacial score (nSPS) is 31.3. The van der Waals surface area contributed by atoms with Gasteiger partial charge in [-0.3, -0.25) is 4.90 Å². The van der Waals surface area contributed by atoms with Crippen LogP contribution in [0.1, 0.15) is 38.5 Å². The van der Waals surface area contributed by atoms with Gasteiger partial charge in [-0.15, -0.1) is 0 Å². The molecule has 0 aliphatic carbocycles. The van der Waals surface area contributed by atoms with Gasteiger partial charge in [0.15, 0.2) is 0 Å². The lowest BCUT2D eigenvalue weighted by atomic mass is 10.0. The maximum Gasteiger partial charge on any atom is 0.0192 e. The Hall–Kier alpha value is -0.300. The van der Waals surface area contributed by atoms with Crippen LogP contribution in [0.5, 0.6) is 0 Å². The molecule has 1 atom stereocenters. The van der Waals surface area contributed by atoms with Gasteiger partial charge >= 0.3 is 0 Å². The molecule has 1 nitrogen and oxygen atoms in total. The molecule has 0 aromatic heterocycles. The molecule has 12 heavy (non-hydrogen) atoms. The van der Waals surface area contributed by atoms with Crippen molar-refractivity contribution in [2.75, 3.05) is 19.6 Å². The monoisotopic (exact) mass is 165 g/mol. The molecule has 1 heteroatoms. The summed E-state index contributed by atoms with van der Waals surface area (Å²) >= 11 is 0. The zero-order valence-electron chi connectivity index (χ0n) is 7.89. The van der Waals surface area contributed by atoms with E-state index in [1.54, 1.807) is 5.57 Å². The molecule has 0 radical (unpaired) electrons. The number of hydrogen-bond donors (Lipinski definition) is 0. The van der Waals surface area contributed by atoms with E-state index in [1.807, 2.05) is 0 Å². The summed E-state index contributed by atoms with van der Waals surface area (Å²) < 4.78 is 0. The molecule has 2 bridgehead atoms. The lowest BCUT2D eigenvalue weighted by molar-refractivity contribution is 0.280. The standard InChI is InChI=1S/C11H19N/c1-2-6-11-7-3-5-9-12(10-11)8-4-1/h7H,1-6,8-10H2. The van der Waals surface area contributed by atoms with Crippen LogP contribution in [0.25, 0.3) is 0 Å². The fourth-order valence-corrected chi connectivity index (χ4v) is 2.29. The molecule has 2 aliphatic rings. The summed E-state index contributed by atoms with van der Waals surface area (Å²) in [5.41, 5.74) is 1.72. The first-order valence-corrected chi connectivity index (χ1v) is 5.35. The SMILES string of the molecule is C1=C2CCCCCN(CCC1)C2. The maximum atomic E-state index is 2.64. The Balaban J connectivity index is 2.01. The Kier molecular flexibility index (Phi) is 2.83. The summed E-state index contributed by atoms with van der Waals surface area (Å²) in [6, 6.07) is 0. The molecule has 2 aliphatic heterocycles. The van der Waals surface area contributed by atoms with Gasteiger partial charge in [-0.2, -0.15) is 0 Å². The van der Waals surface area contributed by atoms with E-state index in [9.17, 15) is 0 Å². The zero-order chi connectivity index (χ0) is 8.23. The van der Waals surface area contributed by atoms with Gasteiger partial charge in [0.25, 0.3) is 0 Å². The van der Waals surface area contributed by atoms with Crippen LogP contribution in [0.15, 0.2) is 11.6 Å². The summed E-state index contributed by atoms with van der Waals surface area (Å²) in [6.07, 6.45) is 10.9. The molecule has 2 heterocycles. The summed E-state index contributed by atoms with van der Waals surface area (Å²) in [4.78, 5) is 2.64. The third-order valence-electron chi connectivity index (χ3n) is 3.01. The number of rotatable bonds is 0. The molecule has 0 aromatic rings. The molecular formula is C11H19N. The van der Waals surface area contributed by atoms with E-state index in [2.05, 4.69) is 11.0 Å². The minimum atomic E-state index is 1.28. The second-order valence-corrected chi connectivity index (χ2v) is 4.09. The highest BCUT2D eigenvalue weighted by atomic mass is 15.1. The molecular weight excluding hydrogens is 146 g/mol. The predicted octanol–water partition coefficient (Wildman–Crippen LogP) is 2.58. The van der Waals surface area contributed by atoms with Crippen LogP contribution in [-0.2, 0) is 0 Å². The van der Waals surface area contributed by atoms with Crippen molar-refractivity contribution in [3.05, 3.63) is 11.6 Å². The quantitative estimate of drug-likeness (QED) is 0.499. The Morgan fingerprint density at radius 1 is 1.00 bits per heavy atom. The molecule has 68 valence electrons. The summed E-state index contributed by atoms with van der Waals surface area (Å²) in [6.45, 7) is 3.96. The van der Waals surface area contributed by atoms with Crippen LogP contribution in [0.2, 0.25) is 0 Å². The first-order chi connectivity index (χ1) is 5.95. The molecule has 2 rings (SSSR count). The van der Waals surface area contributed by atoms with E-state index in [1.165, 1.54) is 58.2 Å². The summed E-state index contributed by atoms with van der Waals surface area (Å²) in [5.74, 6) is 0. The Morgan fingerprint density at radius 3 is 2.92 bits per heavy atom. The topological polar surface area (TPSA) is 3.24 Å². The number of fused-ring (bicyclic) bond motifs is 2. The fraction of sp³-hybridized carbons (Fsp3) is 0.818. The van der Waals surface area contributed by atoms with Crippen LogP contribution >= 0.6 is 0 Å². The van der Waals surface area contributed by atoms with Crippen LogP contribution < -0.4 is 0 Å². The molecule has 0 amide bonds. The number of hydrogen-bond acceptors (Lipinski definition) is 1. The van der Waals surface area contributed by atoms with E-state index in [4.69, 9.17) is 0 Å². The minimum Gasteiger partial charge on any atom is -0.299 e. The highest BCUT2D eigenvalue weighted by Gasteiger charge is 2.12. The second-order valence-electron chi connectivity index (χ2n) is 4.09. The highest BCUT2D eigenvalue weighted by molar-refractivity contribution is 5.06. The average molecular weight is 165 g/mol. The largest absolute Gasteiger partial charge is 0.299 e. The predicted molar refractivity (Wildman–Crippen MR) is 52.2 cm³/mol. The van der Waals surface area contributed by atoms with Crippen LogP contribution in [0, 0.1) is 0 Å². The van der Waals surface area contributed by atoms with E-state index >= 15 is 0 Å². The van der Waals surface area contributed by atoms with Gasteiger partial charge in [-0.1, -0.05) is 18.1 Å². The van der Waals surface area contributed by atoms with Gasteiger partial charge in [-0.25, -0.2) is 0 Å². The van der Waals surface area contributed by atoms with Gasteiger partial charge in [0.2, 0.25) is 0 Å². The first-order valence-electron chi connectivity index (χ1n) is 5.35. The molecule has 1 unspecified atom stereocenters. The minimum absolute atomic E-state index is 1.28. The molecule has 0 aromatic carbocycles. The maximum absolute atomic E-state index is 2.64. The second kappa shape index (κ2) is 4.08. The molecule has 1 fully saturated rings. The van der Waals surface area contributed by atoms with E-state index in [0.717, 1.165) is 0 Å². The van der Waals surface area contributed by atoms with Crippen molar-refractivity contribution in [2.24, 2.45) is 0 Å². The molecule has 1 saturated heterocycles. The summed E-state index contributed by atoms with van der Waals surface area (Å²) in [5, 5.41) is 0. The zero-order valence-corrected chi connectivity index (χ0v) is 7.89. The lowest BCUT2D eigenvalue weighted by Gasteiger charge is -2.23. The van der Waals surface area contributed by atoms with Crippen molar-refractivity contribution in [1.29, 1.82) is 0 Å².